The third kappa shape index (κ3) is 9.28. The minimum absolute atomic E-state index is 0.0765. The summed E-state index contributed by atoms with van der Waals surface area (Å²) in [6.45, 7) is 4.05. The van der Waals surface area contributed by atoms with E-state index < -0.39 is 48.7 Å². The molecule has 2 aromatic rings. The third-order valence-corrected chi connectivity index (χ3v) is 8.64. The van der Waals surface area contributed by atoms with E-state index in [-0.39, 0.29) is 68.5 Å². The first-order valence-electron chi connectivity index (χ1n) is 16.8. The van der Waals surface area contributed by atoms with E-state index in [1.807, 2.05) is 0 Å². The molecule has 4 amide bonds. The second-order valence-electron chi connectivity index (χ2n) is 12.4. The van der Waals surface area contributed by atoms with Crippen LogP contribution in [-0.2, 0) is 28.8 Å². The van der Waals surface area contributed by atoms with E-state index in [2.05, 4.69) is 15.7 Å². The fraction of sp³-hybridized carbons (Fsp3) is 0.545. The van der Waals surface area contributed by atoms with E-state index in [0.717, 1.165) is 12.8 Å². The predicted molar refractivity (Wildman–Crippen MR) is 174 cm³/mol. The molecular weight excluding hydrogens is 654 g/mol. The number of nitrogens with zero attached hydrogens (tertiary/aromatic N) is 5. The number of hydrogen-bond acceptors (Lipinski definition) is 11. The van der Waals surface area contributed by atoms with Gasteiger partial charge in [0.25, 0.3) is 11.8 Å². The standard InChI is InChI=1S/C33H43N7O10/c1-3-48-33(47)50-37-16-17-38(21(2)19-37)32(46)24(13-14-29(42)43)35-30(44)25-18-28(40(36-25)23-8-5-4-6-9-23)49-20-27(41)39-15-7-10-26(39)31(45)34-22-11-12-22/h4-6,8-9,18,21-22,24,26H,3,7,10-17,19-20H2,1-2H3,(H,34,45)(H,35,44)(H,42,43)/t21-,24+,26+/m1/s1. The highest BCUT2D eigenvalue weighted by Gasteiger charge is 2.37. The SMILES string of the molecule is CCOC(=O)ON1CCN(C(=O)[C@H](CCC(=O)O)NC(=O)c2cc(OCC(=O)N3CCC[C@H]3C(=O)NC3CC3)n(-c3ccccc3)n2)[C@H](C)C1. The molecule has 3 atom stereocenters. The van der Waals surface area contributed by atoms with Gasteiger partial charge in [0.1, 0.15) is 12.1 Å². The maximum Gasteiger partial charge on any atom is 0.527 e. The first-order chi connectivity index (χ1) is 24.0. The van der Waals surface area contributed by atoms with Crippen LogP contribution in [0.5, 0.6) is 5.88 Å². The number of benzene rings is 1. The molecule has 1 saturated carbocycles. The Kier molecular flexibility index (Phi) is 11.9. The van der Waals surface area contributed by atoms with E-state index in [9.17, 15) is 33.9 Å². The zero-order chi connectivity index (χ0) is 35.8. The van der Waals surface area contributed by atoms with Crippen LogP contribution in [0.2, 0.25) is 0 Å². The third-order valence-electron chi connectivity index (χ3n) is 8.64. The smallest absolute Gasteiger partial charge is 0.481 e. The van der Waals surface area contributed by atoms with Crippen molar-refractivity contribution in [1.82, 2.24) is 35.3 Å². The van der Waals surface area contributed by atoms with Gasteiger partial charge < -0.3 is 39.9 Å². The maximum absolute atomic E-state index is 13.7. The van der Waals surface area contributed by atoms with Gasteiger partial charge in [-0.1, -0.05) is 18.2 Å². The number of amides is 4. The molecule has 270 valence electrons. The average Bonchev–Trinajstić information content (AvgIpc) is 3.58. The summed E-state index contributed by atoms with van der Waals surface area (Å²) in [7, 11) is 0. The van der Waals surface area contributed by atoms with E-state index in [4.69, 9.17) is 14.3 Å². The first-order valence-corrected chi connectivity index (χ1v) is 16.8. The van der Waals surface area contributed by atoms with Crippen LogP contribution in [0.15, 0.2) is 36.4 Å². The van der Waals surface area contributed by atoms with Crippen molar-refractivity contribution in [3.63, 3.8) is 0 Å². The second-order valence-corrected chi connectivity index (χ2v) is 12.4. The molecule has 50 heavy (non-hydrogen) atoms. The van der Waals surface area contributed by atoms with Gasteiger partial charge in [-0.3, -0.25) is 24.0 Å². The van der Waals surface area contributed by atoms with Gasteiger partial charge in [0.15, 0.2) is 12.3 Å². The van der Waals surface area contributed by atoms with Crippen molar-refractivity contribution in [3.05, 3.63) is 42.1 Å². The minimum Gasteiger partial charge on any atom is -0.481 e. The summed E-state index contributed by atoms with van der Waals surface area (Å²) in [6, 6.07) is 8.07. The lowest BCUT2D eigenvalue weighted by Crippen LogP contribution is -2.59. The van der Waals surface area contributed by atoms with Crippen LogP contribution in [0.25, 0.3) is 5.69 Å². The number of ether oxygens (including phenoxy) is 2. The van der Waals surface area contributed by atoms with E-state index >= 15 is 0 Å². The van der Waals surface area contributed by atoms with Crippen LogP contribution in [0, 0.1) is 0 Å². The highest BCUT2D eigenvalue weighted by Crippen LogP contribution is 2.24. The van der Waals surface area contributed by atoms with Crippen molar-refractivity contribution in [2.75, 3.05) is 39.4 Å². The van der Waals surface area contributed by atoms with Gasteiger partial charge in [-0.25, -0.2) is 9.48 Å². The zero-order valence-electron chi connectivity index (χ0n) is 28.1. The van der Waals surface area contributed by atoms with Crippen molar-refractivity contribution >= 4 is 35.8 Å². The molecule has 3 N–H and O–H groups in total. The number of hydroxylamine groups is 2. The van der Waals surface area contributed by atoms with Crippen molar-refractivity contribution in [2.45, 2.75) is 76.5 Å². The Morgan fingerprint density at radius 2 is 1.78 bits per heavy atom. The maximum atomic E-state index is 13.7. The molecule has 3 aliphatic rings. The number of aromatic nitrogens is 2. The van der Waals surface area contributed by atoms with Crippen LogP contribution in [0.4, 0.5) is 4.79 Å². The number of para-hydroxylation sites is 1. The van der Waals surface area contributed by atoms with Crippen LogP contribution >= 0.6 is 0 Å². The quantitative estimate of drug-likeness (QED) is 0.238. The summed E-state index contributed by atoms with van der Waals surface area (Å²) in [6.07, 6.45) is 1.70. The Bertz CT molecular complexity index is 1560. The van der Waals surface area contributed by atoms with E-state index in [1.165, 1.54) is 25.6 Å². The molecule has 0 radical (unpaired) electrons. The molecular formula is C33H43N7O10. The highest BCUT2D eigenvalue weighted by molar-refractivity contribution is 5.96. The van der Waals surface area contributed by atoms with E-state index in [1.54, 1.807) is 44.2 Å². The average molecular weight is 698 g/mol. The molecule has 5 rings (SSSR count). The number of carboxylic acids is 1. The summed E-state index contributed by atoms with van der Waals surface area (Å²) in [5.41, 5.74) is 0.403. The number of piperazine rings is 1. The molecule has 3 fully saturated rings. The molecule has 1 aliphatic carbocycles. The first kappa shape index (κ1) is 36.1. The molecule has 2 aliphatic heterocycles. The number of carbonyl (C=O) groups excluding carboxylic acids is 5. The lowest BCUT2D eigenvalue weighted by Gasteiger charge is -2.39. The molecule has 17 heteroatoms. The molecule has 17 nitrogen and oxygen atoms in total. The number of aliphatic carboxylic acids is 1. The van der Waals surface area contributed by atoms with Gasteiger partial charge >= 0.3 is 12.1 Å². The topological polar surface area (TPSA) is 202 Å². The van der Waals surface area contributed by atoms with Crippen molar-refractivity contribution in [3.8, 4) is 11.6 Å². The summed E-state index contributed by atoms with van der Waals surface area (Å²) in [5.74, 6) is -2.87. The molecule has 1 aromatic carbocycles. The summed E-state index contributed by atoms with van der Waals surface area (Å²) in [4.78, 5) is 84.6. The van der Waals surface area contributed by atoms with Crippen LogP contribution in [-0.4, -0.2) is 129 Å². The Morgan fingerprint density at radius 3 is 2.46 bits per heavy atom. The van der Waals surface area contributed by atoms with Gasteiger partial charge in [-0.05, 0) is 58.1 Å². The van der Waals surface area contributed by atoms with Crippen molar-refractivity contribution in [2.24, 2.45) is 0 Å². The lowest BCUT2D eigenvalue weighted by molar-refractivity contribution is -0.166. The summed E-state index contributed by atoms with van der Waals surface area (Å²) >= 11 is 0. The molecule has 1 aromatic heterocycles. The fourth-order valence-electron chi connectivity index (χ4n) is 5.96. The number of nitrogens with one attached hydrogen (secondary N) is 2. The number of carboxylic acid groups (broad SMARTS) is 1. The molecule has 3 heterocycles. The number of carbonyl (C=O) groups is 6. The second kappa shape index (κ2) is 16.5. The number of hydrogen-bond donors (Lipinski definition) is 3. The van der Waals surface area contributed by atoms with Crippen LogP contribution in [0.1, 0.15) is 62.9 Å². The van der Waals surface area contributed by atoms with Crippen LogP contribution in [0.3, 0.4) is 0 Å². The fourth-order valence-corrected chi connectivity index (χ4v) is 5.96. The Labute approximate surface area is 288 Å². The lowest BCUT2D eigenvalue weighted by atomic mass is 10.1. The number of rotatable bonds is 14. The molecule has 0 spiro atoms. The summed E-state index contributed by atoms with van der Waals surface area (Å²) in [5, 5.41) is 20.8. The van der Waals surface area contributed by atoms with Gasteiger partial charge in [-0.15, -0.1) is 5.06 Å². The minimum atomic E-state index is -1.21. The monoisotopic (exact) mass is 697 g/mol. The Balaban J connectivity index is 1.28. The Hall–Kier alpha value is -5.19. The zero-order valence-corrected chi connectivity index (χ0v) is 28.1. The van der Waals surface area contributed by atoms with Crippen molar-refractivity contribution in [1.29, 1.82) is 0 Å². The predicted octanol–water partition coefficient (Wildman–Crippen LogP) is 1.10. The van der Waals surface area contributed by atoms with Gasteiger partial charge in [0.05, 0.1) is 25.4 Å². The highest BCUT2D eigenvalue weighted by atomic mass is 16.8. The molecule has 0 bridgehead atoms. The van der Waals surface area contributed by atoms with Crippen molar-refractivity contribution < 1.29 is 48.2 Å². The van der Waals surface area contributed by atoms with Gasteiger partial charge in [0.2, 0.25) is 17.7 Å². The largest absolute Gasteiger partial charge is 0.527 e. The van der Waals surface area contributed by atoms with Crippen LogP contribution < -0.4 is 15.4 Å². The van der Waals surface area contributed by atoms with Gasteiger partial charge in [0, 0.05) is 37.7 Å². The van der Waals surface area contributed by atoms with E-state index in [0.29, 0.717) is 25.1 Å². The summed E-state index contributed by atoms with van der Waals surface area (Å²) < 4.78 is 12.1. The Morgan fingerprint density at radius 1 is 1.02 bits per heavy atom. The molecule has 2 saturated heterocycles. The van der Waals surface area contributed by atoms with Gasteiger partial charge in [-0.2, -0.15) is 5.10 Å². The normalized spacial score (nSPS) is 19.7. The number of likely N-dealkylation sites (tertiary alicyclic amines) is 1. The molecule has 0 unspecified atom stereocenters.